The van der Waals surface area contributed by atoms with Gasteiger partial charge in [0.15, 0.2) is 0 Å². The topological polar surface area (TPSA) is 49.3 Å². The first-order valence-corrected chi connectivity index (χ1v) is 5.31. The first-order chi connectivity index (χ1) is 8.11. The fraction of sp³-hybridized carbons (Fsp3) is 0.214. The van der Waals surface area contributed by atoms with Gasteiger partial charge in [-0.1, -0.05) is 30.6 Å². The van der Waals surface area contributed by atoms with Crippen molar-refractivity contribution in [2.75, 3.05) is 5.32 Å². The highest BCUT2D eigenvalue weighted by Gasteiger charge is 2.01. The Kier molecular flexibility index (Phi) is 4.83. The molecule has 88 valence electrons. The number of rotatable bonds is 4. The molecule has 3 heteroatoms. The Morgan fingerprint density at radius 3 is 2.71 bits per heavy atom. The van der Waals surface area contributed by atoms with Gasteiger partial charge < -0.3 is 10.4 Å². The van der Waals surface area contributed by atoms with Crippen LogP contribution in [0.2, 0.25) is 0 Å². The lowest BCUT2D eigenvalue weighted by molar-refractivity contribution is -0.136. The summed E-state index contributed by atoms with van der Waals surface area (Å²) in [6.07, 6.45) is 1.60. The Balaban J connectivity index is 2.61. The molecule has 3 nitrogen and oxygen atoms in total. The lowest BCUT2D eigenvalue weighted by Crippen LogP contribution is -2.12. The second-order valence-corrected chi connectivity index (χ2v) is 3.63. The van der Waals surface area contributed by atoms with Gasteiger partial charge in [0, 0.05) is 5.69 Å². The molecule has 1 unspecified atom stereocenters. The second kappa shape index (κ2) is 6.39. The van der Waals surface area contributed by atoms with Gasteiger partial charge in [-0.25, -0.2) is 0 Å². The predicted molar refractivity (Wildman–Crippen MR) is 68.8 cm³/mol. The van der Waals surface area contributed by atoms with E-state index in [2.05, 4.69) is 23.7 Å². The van der Waals surface area contributed by atoms with Gasteiger partial charge in [0.1, 0.15) is 0 Å². The summed E-state index contributed by atoms with van der Waals surface area (Å²) in [5.74, 6) is 4.91. The molecule has 0 amide bonds. The van der Waals surface area contributed by atoms with Crippen LogP contribution >= 0.6 is 0 Å². The minimum absolute atomic E-state index is 0.0262. The highest BCUT2D eigenvalue weighted by Crippen LogP contribution is 2.11. The third-order valence-corrected chi connectivity index (χ3v) is 2.09. The van der Waals surface area contributed by atoms with Gasteiger partial charge in [0.05, 0.1) is 12.5 Å². The van der Waals surface area contributed by atoms with Gasteiger partial charge in [-0.2, -0.15) is 0 Å². The molecule has 0 aromatic heterocycles. The summed E-state index contributed by atoms with van der Waals surface area (Å²) in [5.41, 5.74) is 1.71. The Hall–Kier alpha value is -2.21. The van der Waals surface area contributed by atoms with Crippen LogP contribution in [0, 0.1) is 11.8 Å². The van der Waals surface area contributed by atoms with Crippen molar-refractivity contribution in [3.8, 4) is 11.8 Å². The molecule has 1 atom stereocenters. The molecule has 0 fully saturated rings. The first-order valence-electron chi connectivity index (χ1n) is 5.31. The Labute approximate surface area is 101 Å². The van der Waals surface area contributed by atoms with Crippen LogP contribution in [0.5, 0.6) is 0 Å². The lowest BCUT2D eigenvalue weighted by Gasteiger charge is -2.09. The maximum atomic E-state index is 10.5. The standard InChI is InChI=1S/C14H15NO2/c1-3-4-5-11(2)15-13-8-6-12(7-9-13)10-14(16)17/h3,6-9,11,15H,1,10H2,2H3,(H,16,17). The minimum Gasteiger partial charge on any atom is -0.481 e. The third-order valence-electron chi connectivity index (χ3n) is 2.09. The summed E-state index contributed by atoms with van der Waals surface area (Å²) in [4.78, 5) is 10.5. The van der Waals surface area contributed by atoms with Crippen molar-refractivity contribution in [2.24, 2.45) is 0 Å². The number of aliphatic carboxylic acids is 1. The predicted octanol–water partition coefficient (Wildman–Crippen LogP) is 2.30. The van der Waals surface area contributed by atoms with E-state index >= 15 is 0 Å². The Morgan fingerprint density at radius 2 is 2.18 bits per heavy atom. The molecule has 1 aromatic rings. The molecule has 0 radical (unpaired) electrons. The molecule has 2 N–H and O–H groups in total. The van der Waals surface area contributed by atoms with E-state index in [1.54, 1.807) is 18.2 Å². The van der Waals surface area contributed by atoms with Crippen LogP contribution < -0.4 is 5.32 Å². The summed E-state index contributed by atoms with van der Waals surface area (Å²) >= 11 is 0. The molecule has 0 aliphatic rings. The zero-order valence-electron chi connectivity index (χ0n) is 9.73. The van der Waals surface area contributed by atoms with Crippen molar-refractivity contribution in [1.29, 1.82) is 0 Å². The van der Waals surface area contributed by atoms with Gasteiger partial charge in [-0.15, -0.1) is 0 Å². The zero-order valence-corrected chi connectivity index (χ0v) is 9.73. The molecule has 0 aliphatic carbocycles. The molecule has 0 aliphatic heterocycles. The Bertz CT molecular complexity index is 451. The Morgan fingerprint density at radius 1 is 1.53 bits per heavy atom. The monoisotopic (exact) mass is 229 g/mol. The highest BCUT2D eigenvalue weighted by atomic mass is 16.4. The van der Waals surface area contributed by atoms with Crippen LogP contribution in [-0.2, 0) is 11.2 Å². The average Bonchev–Trinajstić information content (AvgIpc) is 2.28. The molecular weight excluding hydrogens is 214 g/mol. The van der Waals surface area contributed by atoms with Gasteiger partial charge in [-0.05, 0) is 30.7 Å². The molecule has 1 rings (SSSR count). The number of hydrogen-bond donors (Lipinski definition) is 2. The lowest BCUT2D eigenvalue weighted by atomic mass is 10.1. The van der Waals surface area contributed by atoms with E-state index in [4.69, 9.17) is 5.11 Å². The highest BCUT2D eigenvalue weighted by molar-refractivity contribution is 5.70. The first kappa shape index (κ1) is 12.9. The quantitative estimate of drug-likeness (QED) is 0.779. The maximum absolute atomic E-state index is 10.5. The molecule has 0 bridgehead atoms. The van der Waals surface area contributed by atoms with Crippen LogP contribution in [-0.4, -0.2) is 17.1 Å². The number of carboxylic acid groups (broad SMARTS) is 1. The van der Waals surface area contributed by atoms with E-state index in [1.165, 1.54) is 0 Å². The van der Waals surface area contributed by atoms with E-state index in [0.717, 1.165) is 11.3 Å². The smallest absolute Gasteiger partial charge is 0.307 e. The molecule has 0 heterocycles. The van der Waals surface area contributed by atoms with E-state index < -0.39 is 5.97 Å². The van der Waals surface area contributed by atoms with Gasteiger partial charge in [0.25, 0.3) is 0 Å². The van der Waals surface area contributed by atoms with Crippen LogP contribution in [0.15, 0.2) is 36.9 Å². The van der Waals surface area contributed by atoms with Crippen molar-refractivity contribution in [1.82, 2.24) is 0 Å². The zero-order chi connectivity index (χ0) is 12.7. The summed E-state index contributed by atoms with van der Waals surface area (Å²) in [5, 5.41) is 11.8. The molecule has 0 saturated carbocycles. The largest absolute Gasteiger partial charge is 0.481 e. The number of carboxylic acids is 1. The minimum atomic E-state index is -0.823. The summed E-state index contributed by atoms with van der Waals surface area (Å²) < 4.78 is 0. The number of carbonyl (C=O) groups is 1. The molecule has 17 heavy (non-hydrogen) atoms. The van der Waals surface area contributed by atoms with Crippen molar-refractivity contribution in [3.05, 3.63) is 42.5 Å². The fourth-order valence-electron chi connectivity index (χ4n) is 1.36. The maximum Gasteiger partial charge on any atom is 0.307 e. The molecule has 0 spiro atoms. The van der Waals surface area contributed by atoms with Crippen LogP contribution in [0.3, 0.4) is 0 Å². The summed E-state index contributed by atoms with van der Waals surface area (Å²) in [7, 11) is 0. The van der Waals surface area contributed by atoms with E-state index in [1.807, 2.05) is 19.1 Å². The van der Waals surface area contributed by atoms with E-state index in [9.17, 15) is 4.79 Å². The number of anilines is 1. The van der Waals surface area contributed by atoms with E-state index in [0.29, 0.717) is 0 Å². The molecular formula is C14H15NO2. The summed E-state index contributed by atoms with van der Waals surface area (Å²) in [6, 6.07) is 7.32. The number of allylic oxidation sites excluding steroid dienone is 1. The van der Waals surface area contributed by atoms with Crippen molar-refractivity contribution in [3.63, 3.8) is 0 Å². The number of nitrogens with one attached hydrogen (secondary N) is 1. The average molecular weight is 229 g/mol. The molecule has 0 saturated heterocycles. The number of benzene rings is 1. The van der Waals surface area contributed by atoms with Crippen molar-refractivity contribution in [2.45, 2.75) is 19.4 Å². The van der Waals surface area contributed by atoms with Crippen LogP contribution in [0.4, 0.5) is 5.69 Å². The second-order valence-electron chi connectivity index (χ2n) is 3.63. The van der Waals surface area contributed by atoms with Crippen molar-refractivity contribution < 1.29 is 9.90 Å². The normalized spacial score (nSPS) is 10.9. The van der Waals surface area contributed by atoms with E-state index in [-0.39, 0.29) is 12.5 Å². The summed E-state index contributed by atoms with van der Waals surface area (Å²) in [6.45, 7) is 5.47. The number of hydrogen-bond acceptors (Lipinski definition) is 2. The van der Waals surface area contributed by atoms with Crippen LogP contribution in [0.25, 0.3) is 0 Å². The van der Waals surface area contributed by atoms with Gasteiger partial charge >= 0.3 is 5.97 Å². The third kappa shape index (κ3) is 4.89. The van der Waals surface area contributed by atoms with Crippen LogP contribution in [0.1, 0.15) is 12.5 Å². The SMILES string of the molecule is C=CC#CC(C)Nc1ccc(CC(=O)O)cc1. The van der Waals surface area contributed by atoms with Crippen molar-refractivity contribution >= 4 is 11.7 Å². The fourth-order valence-corrected chi connectivity index (χ4v) is 1.36. The van der Waals surface area contributed by atoms with Gasteiger partial charge in [0.2, 0.25) is 0 Å². The molecule has 1 aromatic carbocycles. The van der Waals surface area contributed by atoms with Gasteiger partial charge in [-0.3, -0.25) is 4.79 Å².